The Morgan fingerprint density at radius 1 is 0.794 bits per heavy atom. The highest BCUT2D eigenvalue weighted by atomic mass is 32.2. The minimum absolute atomic E-state index is 0.0479. The van der Waals surface area contributed by atoms with Crippen molar-refractivity contribution in [1.82, 2.24) is 9.80 Å². The van der Waals surface area contributed by atoms with Gasteiger partial charge in [-0.2, -0.15) is 8.42 Å². The summed E-state index contributed by atoms with van der Waals surface area (Å²) < 4.78 is 37.4. The van der Waals surface area contributed by atoms with Crippen LogP contribution in [0.4, 0.5) is 9.59 Å². The molecule has 0 radical (unpaired) electrons. The lowest BCUT2D eigenvalue weighted by Gasteiger charge is -2.57. The molecule has 11 heteroatoms. The Kier molecular flexibility index (Phi) is 7.00. The molecule has 2 saturated carbocycles. The maximum atomic E-state index is 11.8. The van der Waals surface area contributed by atoms with Gasteiger partial charge in [0.2, 0.25) is 0 Å². The second kappa shape index (κ2) is 8.81. The van der Waals surface area contributed by atoms with Crippen LogP contribution in [0.5, 0.6) is 0 Å². The van der Waals surface area contributed by atoms with Gasteiger partial charge in [-0.25, -0.2) is 9.59 Å². The second-order valence-electron chi connectivity index (χ2n) is 12.6. The molecule has 2 amide bonds. The van der Waals surface area contributed by atoms with E-state index in [2.05, 4.69) is 0 Å². The fourth-order valence-corrected chi connectivity index (χ4v) is 5.75. The van der Waals surface area contributed by atoms with E-state index in [4.69, 9.17) is 13.7 Å². The van der Waals surface area contributed by atoms with Crippen LogP contribution in [-0.2, 0) is 23.8 Å². The number of aliphatic hydroxyl groups excluding tert-OH is 1. The Bertz CT molecular complexity index is 877. The first kappa shape index (κ1) is 27.0. The van der Waals surface area contributed by atoms with Crippen LogP contribution < -0.4 is 0 Å². The highest BCUT2D eigenvalue weighted by Crippen LogP contribution is 2.50. The first-order valence-corrected chi connectivity index (χ1v) is 13.6. The van der Waals surface area contributed by atoms with Gasteiger partial charge in [0.15, 0.2) is 0 Å². The predicted octanol–water partition coefficient (Wildman–Crippen LogP) is 2.74. The summed E-state index contributed by atoms with van der Waals surface area (Å²) in [6.45, 7) is 13.9. The molecule has 0 bridgehead atoms. The van der Waals surface area contributed by atoms with Crippen LogP contribution in [-0.4, -0.2) is 91.4 Å². The van der Waals surface area contributed by atoms with E-state index < -0.39 is 21.3 Å². The zero-order valence-corrected chi connectivity index (χ0v) is 22.2. The monoisotopic (exact) mass is 504 g/mol. The molecule has 4 aliphatic rings. The molecule has 1 N–H and O–H groups in total. The van der Waals surface area contributed by atoms with Gasteiger partial charge in [0.25, 0.3) is 10.1 Å². The Balaban J connectivity index is 0.000000196. The van der Waals surface area contributed by atoms with Gasteiger partial charge >= 0.3 is 12.2 Å². The number of ether oxygens (including phenoxy) is 2. The summed E-state index contributed by atoms with van der Waals surface area (Å²) >= 11 is 0. The van der Waals surface area contributed by atoms with Crippen molar-refractivity contribution in [3.63, 3.8) is 0 Å². The third-order valence-electron chi connectivity index (χ3n) is 6.38. The molecule has 0 aromatic rings. The van der Waals surface area contributed by atoms with Crippen LogP contribution in [0.1, 0.15) is 67.2 Å². The van der Waals surface area contributed by atoms with E-state index in [9.17, 15) is 23.1 Å². The molecule has 0 atom stereocenters. The van der Waals surface area contributed by atoms with Crippen molar-refractivity contribution < 1.29 is 36.8 Å². The van der Waals surface area contributed by atoms with Gasteiger partial charge in [-0.3, -0.25) is 4.18 Å². The number of likely N-dealkylation sites (tertiary alicyclic amines) is 2. The number of hydrogen-bond acceptors (Lipinski definition) is 8. The average molecular weight is 505 g/mol. The molecule has 0 aromatic carbocycles. The summed E-state index contributed by atoms with van der Waals surface area (Å²) in [5.41, 5.74) is -0.636. The lowest BCUT2D eigenvalue weighted by molar-refractivity contribution is -0.124. The second-order valence-corrected chi connectivity index (χ2v) is 14.2. The summed E-state index contributed by atoms with van der Waals surface area (Å²) in [6, 6.07) is 0. The summed E-state index contributed by atoms with van der Waals surface area (Å²) in [6.07, 6.45) is 3.23. The fraction of sp³-hybridized carbons (Fsp3) is 0.913. The normalized spacial score (nSPS) is 23.6. The van der Waals surface area contributed by atoms with E-state index in [1.807, 2.05) is 41.5 Å². The molecular formula is C23H40N2O8S. The van der Waals surface area contributed by atoms with E-state index in [0.29, 0.717) is 25.9 Å². The lowest BCUT2D eigenvalue weighted by atomic mass is 9.62. The largest absolute Gasteiger partial charge is 0.444 e. The van der Waals surface area contributed by atoms with Gasteiger partial charge in [0.1, 0.15) is 11.2 Å². The Labute approximate surface area is 203 Å². The first-order chi connectivity index (χ1) is 15.3. The quantitative estimate of drug-likeness (QED) is 0.570. The van der Waals surface area contributed by atoms with E-state index in [0.717, 1.165) is 32.2 Å². The Morgan fingerprint density at radius 2 is 1.15 bits per heavy atom. The number of nitrogens with zero attached hydrogens (tertiary/aromatic N) is 2. The molecule has 2 spiro atoms. The van der Waals surface area contributed by atoms with Crippen LogP contribution in [0.3, 0.4) is 0 Å². The van der Waals surface area contributed by atoms with Crippen molar-refractivity contribution in [2.75, 3.05) is 32.4 Å². The van der Waals surface area contributed by atoms with Crippen molar-refractivity contribution in [3.05, 3.63) is 0 Å². The van der Waals surface area contributed by atoms with E-state index >= 15 is 0 Å². The van der Waals surface area contributed by atoms with Gasteiger partial charge in [-0.1, -0.05) is 0 Å². The van der Waals surface area contributed by atoms with Crippen LogP contribution in [0.2, 0.25) is 0 Å². The average Bonchev–Trinajstić information content (AvgIpc) is 2.46. The third kappa shape index (κ3) is 6.97. The molecule has 196 valence electrons. The molecule has 2 aliphatic heterocycles. The van der Waals surface area contributed by atoms with Gasteiger partial charge in [-0.15, -0.1) is 0 Å². The molecule has 4 rings (SSSR count). The molecule has 2 aliphatic carbocycles. The van der Waals surface area contributed by atoms with Crippen LogP contribution in [0.15, 0.2) is 0 Å². The number of carbonyl (C=O) groups excluding carboxylic acids is 2. The first-order valence-electron chi connectivity index (χ1n) is 11.8. The van der Waals surface area contributed by atoms with Gasteiger partial charge in [0.05, 0.1) is 18.5 Å². The minimum atomic E-state index is -3.38. The summed E-state index contributed by atoms with van der Waals surface area (Å²) in [4.78, 5) is 26.7. The number of carbonyl (C=O) groups is 2. The summed E-state index contributed by atoms with van der Waals surface area (Å²) in [5.74, 6) is 0. The smallest absolute Gasteiger partial charge is 0.410 e. The lowest BCUT2D eigenvalue weighted by Crippen LogP contribution is -2.65. The van der Waals surface area contributed by atoms with E-state index in [-0.39, 0.29) is 35.2 Å². The zero-order chi connectivity index (χ0) is 25.7. The van der Waals surface area contributed by atoms with Crippen molar-refractivity contribution in [2.45, 2.75) is 90.6 Å². The molecular weight excluding hydrogens is 464 g/mol. The molecule has 2 heterocycles. The highest BCUT2D eigenvalue weighted by molar-refractivity contribution is 7.86. The molecule has 2 saturated heterocycles. The van der Waals surface area contributed by atoms with Crippen molar-refractivity contribution in [3.8, 4) is 0 Å². The van der Waals surface area contributed by atoms with E-state index in [1.54, 1.807) is 9.80 Å². The number of hydrogen-bond donors (Lipinski definition) is 1. The van der Waals surface area contributed by atoms with Crippen molar-refractivity contribution in [2.24, 2.45) is 10.8 Å². The standard InChI is InChI=1S/C12H21NO5S.C11H19NO3/c1-11(2,3)17-10(14)13-7-12(8-13)5-9(6-12)18-19(4,15)16;1-10(2,3)15-9(14)12-6-11(7-12)4-8(13)5-11/h9H,5-8H2,1-4H3;8,13H,4-7H2,1-3H3. The zero-order valence-electron chi connectivity index (χ0n) is 21.4. The minimum Gasteiger partial charge on any atom is -0.444 e. The molecule has 4 fully saturated rings. The topological polar surface area (TPSA) is 123 Å². The molecule has 0 aromatic heterocycles. The Hall–Kier alpha value is -1.59. The Morgan fingerprint density at radius 3 is 1.44 bits per heavy atom. The molecule has 10 nitrogen and oxygen atoms in total. The van der Waals surface area contributed by atoms with E-state index in [1.165, 1.54) is 0 Å². The maximum absolute atomic E-state index is 11.8. The van der Waals surface area contributed by atoms with Gasteiger partial charge < -0.3 is 24.4 Å². The van der Waals surface area contributed by atoms with Gasteiger partial charge in [-0.05, 0) is 67.2 Å². The number of rotatable bonds is 2. The molecule has 34 heavy (non-hydrogen) atoms. The SMILES string of the molecule is CC(C)(C)OC(=O)N1CC2(CC(O)C2)C1.CC(C)(C)OC(=O)N1CC2(CC(OS(C)(=O)=O)C2)C1. The van der Waals surface area contributed by atoms with Crippen molar-refractivity contribution in [1.29, 1.82) is 0 Å². The van der Waals surface area contributed by atoms with Crippen LogP contribution in [0.25, 0.3) is 0 Å². The van der Waals surface area contributed by atoms with Crippen molar-refractivity contribution >= 4 is 22.3 Å². The molecule has 0 unspecified atom stereocenters. The predicted molar refractivity (Wildman–Crippen MR) is 125 cm³/mol. The summed E-state index contributed by atoms with van der Waals surface area (Å²) in [7, 11) is -3.38. The highest BCUT2D eigenvalue weighted by Gasteiger charge is 2.56. The third-order valence-corrected chi connectivity index (χ3v) is 7.00. The number of amides is 2. The number of aliphatic hydroxyl groups is 1. The summed E-state index contributed by atoms with van der Waals surface area (Å²) in [5, 5.41) is 9.23. The van der Waals surface area contributed by atoms with Gasteiger partial charge in [0, 0.05) is 37.0 Å². The van der Waals surface area contributed by atoms with Crippen LogP contribution >= 0.6 is 0 Å². The van der Waals surface area contributed by atoms with Crippen LogP contribution in [0, 0.1) is 10.8 Å². The maximum Gasteiger partial charge on any atom is 0.410 e. The fourth-order valence-electron chi connectivity index (χ4n) is 5.12.